The van der Waals surface area contributed by atoms with Crippen molar-refractivity contribution in [1.29, 1.82) is 0 Å². The van der Waals surface area contributed by atoms with Crippen molar-refractivity contribution in [3.8, 4) is 0 Å². The number of hydrogen-bond donors (Lipinski definition) is 3. The van der Waals surface area contributed by atoms with Crippen LogP contribution < -0.4 is 10.6 Å². The topological polar surface area (TPSA) is 91.3 Å². The Hall–Kier alpha value is -2.11. The molecule has 1 aliphatic rings. The molecule has 1 atom stereocenters. The number of urea groups is 1. The number of aromatic nitrogens is 1. The van der Waals surface area contributed by atoms with Crippen molar-refractivity contribution in [2.75, 3.05) is 5.32 Å². The molecule has 1 aromatic heterocycles. The number of carboxylic acids is 1. The Morgan fingerprint density at radius 2 is 2.05 bits per heavy atom. The Balaban J connectivity index is 1.98. The number of aryl methyl sites for hydroxylation is 2. The molecular weight excluding hydrogens is 246 g/mol. The largest absolute Gasteiger partial charge is 0.480 e. The summed E-state index contributed by atoms with van der Waals surface area (Å²) in [5.74, 6) is -0.933. The van der Waals surface area contributed by atoms with Gasteiger partial charge in [0.25, 0.3) is 0 Å². The SMILES string of the molecule is Cc1ccc(NC(=O)NC(C(=O)O)C2CC2)c(C)n1. The number of aliphatic carboxylic acids is 1. The molecule has 0 aliphatic heterocycles. The van der Waals surface area contributed by atoms with Gasteiger partial charge in [-0.1, -0.05) is 0 Å². The summed E-state index contributed by atoms with van der Waals surface area (Å²) < 4.78 is 0. The summed E-state index contributed by atoms with van der Waals surface area (Å²) in [6.07, 6.45) is 1.70. The molecule has 0 spiro atoms. The van der Waals surface area contributed by atoms with E-state index in [1.165, 1.54) is 0 Å². The van der Waals surface area contributed by atoms with Gasteiger partial charge in [-0.05, 0) is 44.7 Å². The van der Waals surface area contributed by atoms with Crippen LogP contribution in [0.25, 0.3) is 0 Å². The first-order valence-corrected chi connectivity index (χ1v) is 6.22. The zero-order valence-corrected chi connectivity index (χ0v) is 10.9. The predicted octanol–water partition coefficient (Wildman–Crippen LogP) is 1.68. The van der Waals surface area contributed by atoms with Gasteiger partial charge in [-0.2, -0.15) is 0 Å². The fourth-order valence-electron chi connectivity index (χ4n) is 1.93. The van der Waals surface area contributed by atoms with Gasteiger partial charge in [-0.15, -0.1) is 0 Å². The van der Waals surface area contributed by atoms with E-state index in [1.54, 1.807) is 19.1 Å². The molecule has 1 unspecified atom stereocenters. The molecular formula is C13H17N3O3. The third-order valence-electron chi connectivity index (χ3n) is 3.12. The second-order valence-corrected chi connectivity index (χ2v) is 4.84. The molecule has 1 heterocycles. The molecule has 0 aromatic carbocycles. The van der Waals surface area contributed by atoms with Gasteiger partial charge in [0.05, 0.1) is 11.4 Å². The van der Waals surface area contributed by atoms with Gasteiger partial charge in [0, 0.05) is 5.69 Å². The lowest BCUT2D eigenvalue weighted by molar-refractivity contribution is -0.139. The monoisotopic (exact) mass is 263 g/mol. The summed E-state index contributed by atoms with van der Waals surface area (Å²) in [4.78, 5) is 27.0. The lowest BCUT2D eigenvalue weighted by atomic mass is 10.2. The highest BCUT2D eigenvalue weighted by Gasteiger charge is 2.37. The summed E-state index contributed by atoms with van der Waals surface area (Å²) in [5, 5.41) is 14.2. The fourth-order valence-corrected chi connectivity index (χ4v) is 1.93. The minimum absolute atomic E-state index is 0.0560. The first-order valence-electron chi connectivity index (χ1n) is 6.22. The Labute approximate surface area is 111 Å². The van der Waals surface area contributed by atoms with Gasteiger partial charge < -0.3 is 15.7 Å². The number of carbonyl (C=O) groups is 2. The molecule has 2 amide bonds. The van der Waals surface area contributed by atoms with Crippen molar-refractivity contribution in [2.45, 2.75) is 32.7 Å². The number of pyridine rings is 1. The van der Waals surface area contributed by atoms with E-state index in [0.29, 0.717) is 11.4 Å². The standard InChI is InChI=1S/C13H17N3O3/c1-7-3-6-10(8(2)14-7)15-13(19)16-11(12(17)18)9-4-5-9/h3,6,9,11H,4-5H2,1-2H3,(H,17,18)(H2,15,16,19). The van der Waals surface area contributed by atoms with E-state index in [-0.39, 0.29) is 5.92 Å². The molecule has 1 fully saturated rings. The lowest BCUT2D eigenvalue weighted by Gasteiger charge is -2.15. The Kier molecular flexibility index (Phi) is 3.69. The lowest BCUT2D eigenvalue weighted by Crippen LogP contribution is -2.44. The highest BCUT2D eigenvalue weighted by atomic mass is 16.4. The van der Waals surface area contributed by atoms with Crippen LogP contribution in [0.5, 0.6) is 0 Å². The molecule has 1 saturated carbocycles. The second kappa shape index (κ2) is 5.26. The molecule has 6 heteroatoms. The zero-order valence-electron chi connectivity index (χ0n) is 10.9. The van der Waals surface area contributed by atoms with E-state index >= 15 is 0 Å². The minimum atomic E-state index is -0.989. The summed E-state index contributed by atoms with van der Waals surface area (Å²) in [7, 11) is 0. The third kappa shape index (κ3) is 3.43. The van der Waals surface area contributed by atoms with Crippen LogP contribution in [0.2, 0.25) is 0 Å². The first kappa shape index (κ1) is 13.3. The van der Waals surface area contributed by atoms with Crippen molar-refractivity contribution < 1.29 is 14.7 Å². The summed E-state index contributed by atoms with van der Waals surface area (Å²) in [6, 6.07) is 2.23. The van der Waals surface area contributed by atoms with Gasteiger partial charge in [0.15, 0.2) is 0 Å². The fraction of sp³-hybridized carbons (Fsp3) is 0.462. The predicted molar refractivity (Wildman–Crippen MR) is 70.0 cm³/mol. The van der Waals surface area contributed by atoms with Crippen LogP contribution in [0.3, 0.4) is 0 Å². The normalized spacial score (nSPS) is 15.7. The van der Waals surface area contributed by atoms with Crippen LogP contribution in [0, 0.1) is 19.8 Å². The van der Waals surface area contributed by atoms with Gasteiger partial charge in [0.1, 0.15) is 6.04 Å². The highest BCUT2D eigenvalue weighted by molar-refractivity contribution is 5.92. The molecule has 0 radical (unpaired) electrons. The van der Waals surface area contributed by atoms with Crippen LogP contribution in [-0.2, 0) is 4.79 Å². The van der Waals surface area contributed by atoms with E-state index in [9.17, 15) is 9.59 Å². The number of nitrogens with zero attached hydrogens (tertiary/aromatic N) is 1. The van der Waals surface area contributed by atoms with Crippen LogP contribution in [0.15, 0.2) is 12.1 Å². The summed E-state index contributed by atoms with van der Waals surface area (Å²) >= 11 is 0. The number of anilines is 1. The molecule has 102 valence electrons. The number of hydrogen-bond acceptors (Lipinski definition) is 3. The maximum absolute atomic E-state index is 11.8. The molecule has 3 N–H and O–H groups in total. The van der Waals surface area contributed by atoms with E-state index in [1.807, 2.05) is 6.92 Å². The van der Waals surface area contributed by atoms with Crippen molar-refractivity contribution in [3.05, 3.63) is 23.5 Å². The van der Waals surface area contributed by atoms with Gasteiger partial charge in [0.2, 0.25) is 0 Å². The number of carbonyl (C=O) groups excluding carboxylic acids is 1. The molecule has 6 nitrogen and oxygen atoms in total. The average Bonchev–Trinajstić information content (AvgIpc) is 3.13. The minimum Gasteiger partial charge on any atom is -0.480 e. The van der Waals surface area contributed by atoms with Gasteiger partial charge in [-0.3, -0.25) is 4.98 Å². The average molecular weight is 263 g/mol. The van der Waals surface area contributed by atoms with E-state index in [2.05, 4.69) is 15.6 Å². The maximum atomic E-state index is 11.8. The van der Waals surface area contributed by atoms with E-state index in [0.717, 1.165) is 18.5 Å². The Morgan fingerprint density at radius 1 is 1.37 bits per heavy atom. The molecule has 2 rings (SSSR count). The van der Waals surface area contributed by atoms with Crippen molar-refractivity contribution in [2.24, 2.45) is 5.92 Å². The van der Waals surface area contributed by atoms with Gasteiger partial charge in [-0.25, -0.2) is 9.59 Å². The molecule has 0 saturated heterocycles. The maximum Gasteiger partial charge on any atom is 0.326 e. The van der Waals surface area contributed by atoms with Crippen molar-refractivity contribution >= 4 is 17.7 Å². The summed E-state index contributed by atoms with van der Waals surface area (Å²) in [5.41, 5.74) is 2.15. The van der Waals surface area contributed by atoms with Gasteiger partial charge >= 0.3 is 12.0 Å². The summed E-state index contributed by atoms with van der Waals surface area (Å²) in [6.45, 7) is 3.66. The van der Waals surface area contributed by atoms with Crippen LogP contribution in [0.4, 0.5) is 10.5 Å². The smallest absolute Gasteiger partial charge is 0.326 e. The number of nitrogens with one attached hydrogen (secondary N) is 2. The van der Waals surface area contributed by atoms with Crippen molar-refractivity contribution in [3.63, 3.8) is 0 Å². The highest BCUT2D eigenvalue weighted by Crippen LogP contribution is 2.32. The quantitative estimate of drug-likeness (QED) is 0.770. The Bertz CT molecular complexity index is 512. The number of rotatable bonds is 4. The Morgan fingerprint density at radius 3 is 2.58 bits per heavy atom. The van der Waals surface area contributed by atoms with Crippen LogP contribution >= 0.6 is 0 Å². The third-order valence-corrected chi connectivity index (χ3v) is 3.12. The van der Waals surface area contributed by atoms with E-state index in [4.69, 9.17) is 5.11 Å². The first-order chi connectivity index (χ1) is 8.97. The zero-order chi connectivity index (χ0) is 14.0. The van der Waals surface area contributed by atoms with Crippen molar-refractivity contribution in [1.82, 2.24) is 10.3 Å². The molecule has 1 aromatic rings. The number of amides is 2. The molecule has 19 heavy (non-hydrogen) atoms. The van der Waals surface area contributed by atoms with E-state index < -0.39 is 18.0 Å². The van der Waals surface area contributed by atoms with Crippen LogP contribution in [0.1, 0.15) is 24.2 Å². The second-order valence-electron chi connectivity index (χ2n) is 4.84. The number of carboxylic acid groups (broad SMARTS) is 1. The molecule has 1 aliphatic carbocycles. The molecule has 0 bridgehead atoms. The van der Waals surface area contributed by atoms with Crippen LogP contribution in [-0.4, -0.2) is 28.1 Å².